The molecule has 1 amide bonds. The lowest BCUT2D eigenvalue weighted by Gasteiger charge is -2.08. The Morgan fingerprint density at radius 2 is 1.80 bits per heavy atom. The molecule has 0 radical (unpaired) electrons. The topological polar surface area (TPSA) is 84.3 Å². The third-order valence-electron chi connectivity index (χ3n) is 2.76. The second kappa shape index (κ2) is 5.83. The van der Waals surface area contributed by atoms with Crippen molar-refractivity contribution in [3.8, 4) is 0 Å². The Bertz CT molecular complexity index is 641. The van der Waals surface area contributed by atoms with Gasteiger partial charge in [0.2, 0.25) is 0 Å². The molecule has 0 fully saturated rings. The van der Waals surface area contributed by atoms with E-state index in [0.29, 0.717) is 11.4 Å². The van der Waals surface area contributed by atoms with Crippen LogP contribution in [0.5, 0.6) is 0 Å². The maximum atomic E-state index is 12.2. The van der Waals surface area contributed by atoms with Crippen LogP contribution >= 0.6 is 0 Å². The molecule has 0 bridgehead atoms. The minimum Gasteiger partial charge on any atom is -0.383 e. The number of carbonyl (C=O) groups is 1. The van der Waals surface area contributed by atoms with Crippen LogP contribution in [0, 0.1) is 10.1 Å². The molecule has 0 aliphatic carbocycles. The predicted molar refractivity (Wildman–Crippen MR) is 77.0 cm³/mol. The number of nitrogens with zero attached hydrogens (tertiary/aromatic N) is 1. The number of amides is 1. The Hall–Kier alpha value is -2.89. The molecule has 0 spiro atoms. The van der Waals surface area contributed by atoms with Crippen molar-refractivity contribution in [1.82, 2.24) is 0 Å². The first-order valence-corrected chi connectivity index (χ1v) is 5.95. The first-order valence-electron chi connectivity index (χ1n) is 5.95. The summed E-state index contributed by atoms with van der Waals surface area (Å²) in [7, 11) is 1.57. The normalized spacial score (nSPS) is 9.85. The smallest absolute Gasteiger partial charge is 0.305 e. The van der Waals surface area contributed by atoms with Gasteiger partial charge in [-0.2, -0.15) is 0 Å². The lowest BCUT2D eigenvalue weighted by molar-refractivity contribution is -0.384. The maximum Gasteiger partial charge on any atom is 0.305 e. The number of hydrogen-bond acceptors (Lipinski definition) is 4. The van der Waals surface area contributed by atoms with Crippen molar-refractivity contribution in [3.63, 3.8) is 0 Å². The number of hydrogen-bond donors (Lipinski definition) is 2. The molecule has 0 aliphatic heterocycles. The number of para-hydroxylation sites is 2. The third-order valence-corrected chi connectivity index (χ3v) is 2.76. The van der Waals surface area contributed by atoms with E-state index < -0.39 is 10.8 Å². The van der Waals surface area contributed by atoms with Crippen molar-refractivity contribution in [1.29, 1.82) is 0 Å². The second-order valence-electron chi connectivity index (χ2n) is 4.03. The standard InChI is InChI=1S/C14H13N3O3/c1-15-12-9-5-8-11(13(12)17(19)20)14(18)16-10-6-3-2-4-7-10/h2-9,15H,1H3,(H,16,18). The van der Waals surface area contributed by atoms with Crippen molar-refractivity contribution in [3.05, 3.63) is 64.2 Å². The minimum absolute atomic E-state index is 0.0192. The number of nitro benzene ring substituents is 1. The zero-order valence-electron chi connectivity index (χ0n) is 10.8. The second-order valence-corrected chi connectivity index (χ2v) is 4.03. The van der Waals surface area contributed by atoms with Crippen LogP contribution in [0.1, 0.15) is 10.4 Å². The van der Waals surface area contributed by atoms with Gasteiger partial charge in [-0.15, -0.1) is 0 Å². The average molecular weight is 271 g/mol. The molecule has 6 heteroatoms. The Labute approximate surface area is 115 Å². The highest BCUT2D eigenvalue weighted by Gasteiger charge is 2.23. The highest BCUT2D eigenvalue weighted by Crippen LogP contribution is 2.28. The highest BCUT2D eigenvalue weighted by molar-refractivity contribution is 6.08. The summed E-state index contributed by atoms with van der Waals surface area (Å²) in [5, 5.41) is 16.5. The first kappa shape index (κ1) is 13.5. The van der Waals surface area contributed by atoms with E-state index in [9.17, 15) is 14.9 Å². The fraction of sp³-hybridized carbons (Fsp3) is 0.0714. The van der Waals surface area contributed by atoms with Crippen LogP contribution in [0.25, 0.3) is 0 Å². The van der Waals surface area contributed by atoms with Crippen molar-refractivity contribution in [2.75, 3.05) is 17.7 Å². The molecule has 2 aromatic rings. The van der Waals surface area contributed by atoms with E-state index in [1.165, 1.54) is 6.07 Å². The van der Waals surface area contributed by atoms with Gasteiger partial charge in [0.1, 0.15) is 11.3 Å². The number of rotatable bonds is 4. The van der Waals surface area contributed by atoms with Crippen molar-refractivity contribution >= 4 is 23.0 Å². The fourth-order valence-electron chi connectivity index (χ4n) is 1.85. The van der Waals surface area contributed by atoms with Crippen LogP contribution in [0.3, 0.4) is 0 Å². The maximum absolute atomic E-state index is 12.2. The van der Waals surface area contributed by atoms with Crippen LogP contribution < -0.4 is 10.6 Å². The molecule has 0 aromatic heterocycles. The zero-order chi connectivity index (χ0) is 14.5. The number of benzene rings is 2. The van der Waals surface area contributed by atoms with Crippen molar-refractivity contribution in [2.45, 2.75) is 0 Å². The zero-order valence-corrected chi connectivity index (χ0v) is 10.8. The van der Waals surface area contributed by atoms with Gasteiger partial charge in [-0.05, 0) is 24.3 Å². The van der Waals surface area contributed by atoms with Crippen molar-refractivity contribution in [2.24, 2.45) is 0 Å². The largest absolute Gasteiger partial charge is 0.383 e. The minimum atomic E-state index is -0.564. The summed E-state index contributed by atoms with van der Waals surface area (Å²) in [5.74, 6) is -0.514. The van der Waals surface area contributed by atoms with Gasteiger partial charge >= 0.3 is 5.69 Å². The molecule has 0 atom stereocenters. The van der Waals surface area contributed by atoms with Crippen LogP contribution in [0.4, 0.5) is 17.1 Å². The van der Waals surface area contributed by atoms with E-state index in [4.69, 9.17) is 0 Å². The highest BCUT2D eigenvalue weighted by atomic mass is 16.6. The summed E-state index contributed by atoms with van der Waals surface area (Å²) in [5.41, 5.74) is 0.673. The number of carbonyl (C=O) groups excluding carboxylic acids is 1. The molecule has 0 unspecified atom stereocenters. The quantitative estimate of drug-likeness (QED) is 0.661. The first-order chi connectivity index (χ1) is 9.63. The summed E-state index contributed by atoms with van der Waals surface area (Å²) in [6, 6.07) is 13.4. The summed E-state index contributed by atoms with van der Waals surface area (Å²) >= 11 is 0. The molecular weight excluding hydrogens is 258 g/mol. The molecular formula is C14H13N3O3. The monoisotopic (exact) mass is 271 g/mol. The molecule has 0 saturated carbocycles. The van der Waals surface area contributed by atoms with E-state index in [1.54, 1.807) is 43.4 Å². The molecule has 2 aromatic carbocycles. The molecule has 2 N–H and O–H groups in total. The Morgan fingerprint density at radius 1 is 1.10 bits per heavy atom. The predicted octanol–water partition coefficient (Wildman–Crippen LogP) is 2.89. The van der Waals surface area contributed by atoms with Gasteiger partial charge < -0.3 is 10.6 Å². The van der Waals surface area contributed by atoms with Gasteiger partial charge in [-0.25, -0.2) is 0 Å². The van der Waals surface area contributed by atoms with Crippen LogP contribution in [-0.4, -0.2) is 17.9 Å². The lowest BCUT2D eigenvalue weighted by atomic mass is 10.1. The number of anilines is 2. The summed E-state index contributed by atoms with van der Waals surface area (Å²) < 4.78 is 0. The summed E-state index contributed by atoms with van der Waals surface area (Å²) in [6.07, 6.45) is 0. The molecule has 0 aliphatic rings. The van der Waals surface area contributed by atoms with Crippen molar-refractivity contribution < 1.29 is 9.72 Å². The molecule has 0 saturated heterocycles. The van der Waals surface area contributed by atoms with Gasteiger partial charge in [0.25, 0.3) is 5.91 Å². The van der Waals surface area contributed by atoms with Crippen LogP contribution in [0.15, 0.2) is 48.5 Å². The number of nitrogens with one attached hydrogen (secondary N) is 2. The van der Waals surface area contributed by atoms with Crippen LogP contribution in [0.2, 0.25) is 0 Å². The number of nitro groups is 1. The van der Waals surface area contributed by atoms with Gasteiger partial charge in [-0.1, -0.05) is 24.3 Å². The molecule has 0 heterocycles. The van der Waals surface area contributed by atoms with E-state index in [-0.39, 0.29) is 11.3 Å². The van der Waals surface area contributed by atoms with E-state index in [1.807, 2.05) is 6.07 Å². The van der Waals surface area contributed by atoms with E-state index in [0.717, 1.165) is 0 Å². The third kappa shape index (κ3) is 2.74. The lowest BCUT2D eigenvalue weighted by Crippen LogP contribution is -2.14. The summed E-state index contributed by atoms with van der Waals surface area (Å²) in [4.78, 5) is 22.7. The molecule has 102 valence electrons. The van der Waals surface area contributed by atoms with Gasteiger partial charge in [0.05, 0.1) is 4.92 Å². The molecule has 20 heavy (non-hydrogen) atoms. The Balaban J connectivity index is 2.37. The molecule has 6 nitrogen and oxygen atoms in total. The van der Waals surface area contributed by atoms with Crippen LogP contribution in [-0.2, 0) is 0 Å². The fourth-order valence-corrected chi connectivity index (χ4v) is 1.85. The van der Waals surface area contributed by atoms with Gasteiger partial charge in [0.15, 0.2) is 0 Å². The summed E-state index contributed by atoms with van der Waals surface area (Å²) in [6.45, 7) is 0. The Morgan fingerprint density at radius 3 is 2.40 bits per heavy atom. The van der Waals surface area contributed by atoms with Gasteiger partial charge in [0, 0.05) is 12.7 Å². The SMILES string of the molecule is CNc1cccc(C(=O)Nc2ccccc2)c1[N+](=O)[O-]. The van der Waals surface area contributed by atoms with E-state index in [2.05, 4.69) is 10.6 Å². The van der Waals surface area contributed by atoms with E-state index >= 15 is 0 Å². The Kier molecular flexibility index (Phi) is 3.95. The average Bonchev–Trinajstić information content (AvgIpc) is 2.47. The van der Waals surface area contributed by atoms with Gasteiger partial charge in [-0.3, -0.25) is 14.9 Å². The molecule has 2 rings (SSSR count).